The third-order valence-electron chi connectivity index (χ3n) is 4.84. The van der Waals surface area contributed by atoms with Crippen molar-refractivity contribution in [3.05, 3.63) is 35.9 Å². The van der Waals surface area contributed by atoms with Crippen LogP contribution >= 0.6 is 0 Å². The Balaban J connectivity index is 1.41. The molecule has 0 aromatic heterocycles. The molecule has 1 aromatic carbocycles. The molecule has 2 atom stereocenters. The predicted octanol–water partition coefficient (Wildman–Crippen LogP) is 1.57. The highest BCUT2D eigenvalue weighted by molar-refractivity contribution is 5.88. The number of urea groups is 1. The van der Waals surface area contributed by atoms with Crippen LogP contribution in [0.2, 0.25) is 0 Å². The van der Waals surface area contributed by atoms with Gasteiger partial charge in [-0.3, -0.25) is 14.5 Å². The summed E-state index contributed by atoms with van der Waals surface area (Å²) in [5, 5.41) is 3.95. The Hall–Kier alpha value is -2.85. The Morgan fingerprint density at radius 3 is 2.67 bits per heavy atom. The first-order chi connectivity index (χ1) is 14.5. The number of fused-ring (bicyclic) bond motifs is 2. The van der Waals surface area contributed by atoms with Crippen LogP contribution in [0.4, 0.5) is 9.59 Å². The number of amides is 4. The van der Waals surface area contributed by atoms with Crippen LogP contribution < -0.4 is 10.8 Å². The van der Waals surface area contributed by atoms with E-state index < -0.39 is 18.0 Å². The lowest BCUT2D eigenvalue weighted by Crippen LogP contribution is -2.49. The summed E-state index contributed by atoms with van der Waals surface area (Å²) in [7, 11) is 0. The molecule has 2 aliphatic heterocycles. The van der Waals surface area contributed by atoms with E-state index in [2.05, 4.69) is 10.8 Å². The average molecular weight is 420 g/mol. The van der Waals surface area contributed by atoms with Gasteiger partial charge in [-0.05, 0) is 32.3 Å². The minimum absolute atomic E-state index is 0.00464. The molecule has 2 saturated heterocycles. The Bertz CT molecular complexity index is 744. The lowest BCUT2D eigenvalue weighted by Gasteiger charge is -2.28. The summed E-state index contributed by atoms with van der Waals surface area (Å²) in [6.07, 6.45) is 0.633. The van der Waals surface area contributed by atoms with Gasteiger partial charge in [-0.2, -0.15) is 5.06 Å². The van der Waals surface area contributed by atoms with E-state index in [-0.39, 0.29) is 31.3 Å². The fourth-order valence-electron chi connectivity index (χ4n) is 3.43. The van der Waals surface area contributed by atoms with E-state index in [1.165, 1.54) is 9.96 Å². The quantitative estimate of drug-likeness (QED) is 0.464. The zero-order chi connectivity index (χ0) is 21.5. The average Bonchev–Trinajstić information content (AvgIpc) is 2.96. The van der Waals surface area contributed by atoms with Crippen LogP contribution in [-0.4, -0.2) is 65.9 Å². The molecule has 164 valence electrons. The maximum atomic E-state index is 12.7. The Labute approximate surface area is 175 Å². The number of alkyl carbamates (subject to hydrolysis) is 1. The second kappa shape index (κ2) is 10.3. The molecular formula is C20H28N4O6. The molecular weight excluding hydrogens is 392 g/mol. The highest BCUT2D eigenvalue weighted by Crippen LogP contribution is 2.30. The smallest absolute Gasteiger partial charge is 0.407 e. The Morgan fingerprint density at radius 2 is 1.93 bits per heavy atom. The minimum atomic E-state index is -0.621. The van der Waals surface area contributed by atoms with Crippen molar-refractivity contribution < 1.29 is 28.8 Å². The van der Waals surface area contributed by atoms with Crippen molar-refractivity contribution >= 4 is 18.0 Å². The van der Waals surface area contributed by atoms with Gasteiger partial charge >= 0.3 is 12.1 Å². The van der Waals surface area contributed by atoms with E-state index in [4.69, 9.17) is 14.4 Å². The number of ether oxygens (including phenoxy) is 1. The van der Waals surface area contributed by atoms with Crippen molar-refractivity contribution in [3.8, 4) is 0 Å². The summed E-state index contributed by atoms with van der Waals surface area (Å²) in [5.41, 5.74) is 3.31. The van der Waals surface area contributed by atoms with Crippen LogP contribution in [0.5, 0.6) is 0 Å². The van der Waals surface area contributed by atoms with Gasteiger partial charge in [0.2, 0.25) is 0 Å². The number of hydrogen-bond acceptors (Lipinski definition) is 6. The van der Waals surface area contributed by atoms with Crippen molar-refractivity contribution in [1.29, 1.82) is 0 Å². The molecule has 0 spiro atoms. The third-order valence-corrected chi connectivity index (χ3v) is 4.84. The largest absolute Gasteiger partial charge is 0.447 e. The maximum Gasteiger partial charge on any atom is 0.407 e. The van der Waals surface area contributed by atoms with Crippen LogP contribution in [-0.2, 0) is 25.8 Å². The van der Waals surface area contributed by atoms with Gasteiger partial charge in [-0.15, -0.1) is 0 Å². The molecule has 2 N–H and O–H groups in total. The Kier molecular flexibility index (Phi) is 7.47. The molecule has 0 aliphatic carbocycles. The molecule has 0 unspecified atom stereocenters. The summed E-state index contributed by atoms with van der Waals surface area (Å²) in [6.45, 7) is 4.37. The van der Waals surface area contributed by atoms with Gasteiger partial charge in [-0.25, -0.2) is 15.1 Å². The number of carbonyl (C=O) groups is 3. The second-order valence-corrected chi connectivity index (χ2v) is 7.52. The van der Waals surface area contributed by atoms with E-state index in [0.717, 1.165) is 5.56 Å². The highest BCUT2D eigenvalue weighted by Gasteiger charge is 2.48. The van der Waals surface area contributed by atoms with Crippen LogP contribution in [0.1, 0.15) is 32.3 Å². The molecule has 2 bridgehead atoms. The third kappa shape index (κ3) is 5.61. The van der Waals surface area contributed by atoms with Gasteiger partial charge in [0, 0.05) is 12.6 Å². The van der Waals surface area contributed by atoms with E-state index in [0.29, 0.717) is 26.0 Å². The summed E-state index contributed by atoms with van der Waals surface area (Å²) < 4.78 is 4.91. The number of carbonyl (C=O) groups excluding carboxylic acids is 3. The van der Waals surface area contributed by atoms with Gasteiger partial charge in [0.25, 0.3) is 5.91 Å². The molecule has 2 heterocycles. The van der Waals surface area contributed by atoms with E-state index >= 15 is 0 Å². The molecule has 0 radical (unpaired) electrons. The summed E-state index contributed by atoms with van der Waals surface area (Å²) in [4.78, 5) is 48.8. The molecule has 1 aromatic rings. The maximum absolute atomic E-state index is 12.7. The van der Waals surface area contributed by atoms with Crippen LogP contribution in [0.15, 0.2) is 30.3 Å². The monoisotopic (exact) mass is 420 g/mol. The van der Waals surface area contributed by atoms with Gasteiger partial charge in [0.15, 0.2) is 0 Å². The summed E-state index contributed by atoms with van der Waals surface area (Å²) in [5.74, 6) is -0.404. The number of benzene rings is 1. The summed E-state index contributed by atoms with van der Waals surface area (Å²) in [6, 6.07) is 8.56. The lowest BCUT2D eigenvalue weighted by atomic mass is 10.0. The van der Waals surface area contributed by atoms with Crippen LogP contribution in [0.3, 0.4) is 0 Å². The van der Waals surface area contributed by atoms with Crippen LogP contribution in [0, 0.1) is 0 Å². The summed E-state index contributed by atoms with van der Waals surface area (Å²) >= 11 is 0. The van der Waals surface area contributed by atoms with Crippen molar-refractivity contribution in [2.45, 2.75) is 51.4 Å². The van der Waals surface area contributed by atoms with Gasteiger partial charge in [0.1, 0.15) is 25.9 Å². The first kappa shape index (κ1) is 21.8. The van der Waals surface area contributed by atoms with Gasteiger partial charge in [-0.1, -0.05) is 30.3 Å². The molecule has 3 rings (SSSR count). The normalized spacial score (nSPS) is 20.4. The SMILES string of the molecule is CC(C)NC(=O)OCCONC(=O)[C@@H]1CC[C@@H]2CN1C(=O)N2OCc1ccccc1. The van der Waals surface area contributed by atoms with Crippen molar-refractivity contribution in [2.75, 3.05) is 19.8 Å². The molecule has 2 fully saturated rings. The minimum Gasteiger partial charge on any atom is -0.447 e. The number of nitrogens with one attached hydrogen (secondary N) is 2. The number of hydroxylamine groups is 3. The zero-order valence-electron chi connectivity index (χ0n) is 17.2. The number of rotatable bonds is 9. The van der Waals surface area contributed by atoms with Crippen molar-refractivity contribution in [1.82, 2.24) is 20.8 Å². The number of piperidine rings is 1. The number of hydrogen-bond donors (Lipinski definition) is 2. The first-order valence-electron chi connectivity index (χ1n) is 10.1. The lowest BCUT2D eigenvalue weighted by molar-refractivity contribution is -0.141. The highest BCUT2D eigenvalue weighted by atomic mass is 16.7. The van der Waals surface area contributed by atoms with Crippen LogP contribution in [0.25, 0.3) is 0 Å². The fraction of sp³-hybridized carbons (Fsp3) is 0.550. The van der Waals surface area contributed by atoms with E-state index in [1.807, 2.05) is 44.2 Å². The van der Waals surface area contributed by atoms with Gasteiger partial charge < -0.3 is 15.0 Å². The standard InChI is InChI=1S/C20H28N4O6/c1-14(2)21-19(26)28-10-11-29-22-18(25)17-9-8-16-12-23(17)20(27)24(16)30-13-15-6-4-3-5-7-15/h3-7,14,16-17H,8-13H2,1-2H3,(H,21,26)(H,22,25)/t16-,17+/m1/s1. The molecule has 30 heavy (non-hydrogen) atoms. The van der Waals surface area contributed by atoms with Crippen molar-refractivity contribution in [2.24, 2.45) is 0 Å². The first-order valence-corrected chi connectivity index (χ1v) is 10.1. The van der Waals surface area contributed by atoms with E-state index in [9.17, 15) is 14.4 Å². The molecule has 0 saturated carbocycles. The molecule has 10 heteroatoms. The fourth-order valence-corrected chi connectivity index (χ4v) is 3.43. The molecule has 2 aliphatic rings. The zero-order valence-corrected chi connectivity index (χ0v) is 17.2. The molecule has 10 nitrogen and oxygen atoms in total. The molecule has 4 amide bonds. The number of nitrogens with zero attached hydrogens (tertiary/aromatic N) is 2. The predicted molar refractivity (Wildman–Crippen MR) is 106 cm³/mol. The topological polar surface area (TPSA) is 109 Å². The van der Waals surface area contributed by atoms with Gasteiger partial charge in [0.05, 0.1) is 6.04 Å². The van der Waals surface area contributed by atoms with E-state index in [1.54, 1.807) is 0 Å². The Morgan fingerprint density at radius 1 is 1.17 bits per heavy atom. The second-order valence-electron chi connectivity index (χ2n) is 7.52. The van der Waals surface area contributed by atoms with Crippen molar-refractivity contribution in [3.63, 3.8) is 0 Å².